The average Bonchev–Trinajstić information content (AvgIpc) is 2.29. The van der Waals surface area contributed by atoms with Crippen LogP contribution >= 0.6 is 11.6 Å². The summed E-state index contributed by atoms with van der Waals surface area (Å²) in [5, 5.41) is 2.32. The molecule has 0 fully saturated rings. The van der Waals surface area contributed by atoms with E-state index in [1.807, 2.05) is 38.1 Å². The minimum Gasteiger partial charge on any atom is -0.494 e. The third-order valence-corrected chi connectivity index (χ3v) is 2.59. The van der Waals surface area contributed by atoms with E-state index in [0.717, 1.165) is 11.3 Å². The Morgan fingerprint density at radius 1 is 1.47 bits per heavy atom. The molecule has 1 amide bonds. The zero-order valence-corrected chi connectivity index (χ0v) is 11.1. The van der Waals surface area contributed by atoms with Crippen molar-refractivity contribution in [2.45, 2.75) is 32.2 Å². The van der Waals surface area contributed by atoms with Crippen LogP contribution in [-0.2, 0) is 4.79 Å². The summed E-state index contributed by atoms with van der Waals surface area (Å²) >= 11 is 5.70. The first-order valence-electron chi connectivity index (χ1n) is 5.71. The van der Waals surface area contributed by atoms with Crippen molar-refractivity contribution in [1.29, 1.82) is 0 Å². The first-order chi connectivity index (χ1) is 8.04. The topological polar surface area (TPSA) is 38.3 Å². The highest BCUT2D eigenvalue weighted by molar-refractivity contribution is 6.30. The Kier molecular flexibility index (Phi) is 5.29. The molecule has 4 heteroatoms. The van der Waals surface area contributed by atoms with Gasteiger partial charge in [0.25, 0.3) is 0 Å². The van der Waals surface area contributed by atoms with Gasteiger partial charge in [0.15, 0.2) is 0 Å². The zero-order valence-electron chi connectivity index (χ0n) is 10.4. The molecule has 0 aromatic heterocycles. The largest absolute Gasteiger partial charge is 0.494 e. The predicted octanol–water partition coefficient (Wildman–Crippen LogP) is 2.89. The molecule has 1 rings (SSSR count). The van der Waals surface area contributed by atoms with Crippen molar-refractivity contribution >= 4 is 17.5 Å². The number of hydrogen-bond donors (Lipinski definition) is 1. The van der Waals surface area contributed by atoms with Gasteiger partial charge in [0.05, 0.1) is 12.6 Å². The Balaban J connectivity index is 2.71. The van der Waals surface area contributed by atoms with Gasteiger partial charge in [-0.3, -0.25) is 4.79 Å². The minimum absolute atomic E-state index is 0.0795. The summed E-state index contributed by atoms with van der Waals surface area (Å²) in [5.41, 5.74) is 1.00. The van der Waals surface area contributed by atoms with Gasteiger partial charge in [-0.2, -0.15) is 0 Å². The van der Waals surface area contributed by atoms with Crippen LogP contribution in [0, 0.1) is 0 Å². The fraction of sp³-hybridized carbons (Fsp3) is 0.462. The van der Waals surface area contributed by atoms with Gasteiger partial charge >= 0.3 is 0 Å². The zero-order chi connectivity index (χ0) is 12.8. The van der Waals surface area contributed by atoms with Gasteiger partial charge in [-0.25, -0.2) is 0 Å². The lowest BCUT2D eigenvalue weighted by atomic mass is 10.1. The molecule has 1 aromatic rings. The van der Waals surface area contributed by atoms with E-state index in [4.69, 9.17) is 16.3 Å². The third-order valence-electron chi connectivity index (χ3n) is 2.39. The van der Waals surface area contributed by atoms with E-state index in [-0.39, 0.29) is 11.9 Å². The van der Waals surface area contributed by atoms with Crippen LogP contribution in [0.5, 0.6) is 5.75 Å². The molecule has 1 N–H and O–H groups in total. The Labute approximate surface area is 107 Å². The molecule has 0 saturated carbocycles. The monoisotopic (exact) mass is 255 g/mol. The number of hydrogen-bond acceptors (Lipinski definition) is 2. The van der Waals surface area contributed by atoms with Crippen molar-refractivity contribution in [3.8, 4) is 5.75 Å². The number of alkyl halides is 1. The highest BCUT2D eigenvalue weighted by atomic mass is 35.5. The third kappa shape index (κ3) is 4.27. The number of ether oxygens (including phenoxy) is 1. The van der Waals surface area contributed by atoms with Crippen LogP contribution in [0.4, 0.5) is 0 Å². The van der Waals surface area contributed by atoms with Gasteiger partial charge in [0.1, 0.15) is 11.1 Å². The molecule has 0 radical (unpaired) electrons. The molecule has 0 aliphatic heterocycles. The van der Waals surface area contributed by atoms with Gasteiger partial charge in [0.2, 0.25) is 5.91 Å². The SMILES string of the molecule is CCOc1cccc([C@@H](C)NC(=O)[C@@H](C)Cl)c1. The fourth-order valence-corrected chi connectivity index (χ4v) is 1.51. The van der Waals surface area contributed by atoms with Crippen LogP contribution in [-0.4, -0.2) is 17.9 Å². The van der Waals surface area contributed by atoms with Crippen molar-refractivity contribution < 1.29 is 9.53 Å². The van der Waals surface area contributed by atoms with Gasteiger partial charge in [-0.1, -0.05) is 12.1 Å². The quantitative estimate of drug-likeness (QED) is 0.822. The number of benzene rings is 1. The van der Waals surface area contributed by atoms with Crippen LogP contribution in [0.1, 0.15) is 32.4 Å². The second-order valence-electron chi connectivity index (χ2n) is 3.85. The van der Waals surface area contributed by atoms with Crippen LogP contribution < -0.4 is 10.1 Å². The highest BCUT2D eigenvalue weighted by Gasteiger charge is 2.13. The number of carbonyl (C=O) groups is 1. The molecule has 0 saturated heterocycles. The van der Waals surface area contributed by atoms with Crippen LogP contribution in [0.25, 0.3) is 0 Å². The lowest BCUT2D eigenvalue weighted by molar-refractivity contribution is -0.121. The van der Waals surface area contributed by atoms with Gasteiger partial charge in [0, 0.05) is 0 Å². The normalized spacial score (nSPS) is 13.9. The van der Waals surface area contributed by atoms with Crippen molar-refractivity contribution in [3.63, 3.8) is 0 Å². The molecule has 0 aliphatic rings. The van der Waals surface area contributed by atoms with Crippen molar-refractivity contribution in [1.82, 2.24) is 5.32 Å². The molecule has 94 valence electrons. The Morgan fingerprint density at radius 3 is 2.76 bits per heavy atom. The number of nitrogens with one attached hydrogen (secondary N) is 1. The van der Waals surface area contributed by atoms with Crippen LogP contribution in [0.15, 0.2) is 24.3 Å². The van der Waals surface area contributed by atoms with E-state index >= 15 is 0 Å². The molecule has 3 nitrogen and oxygen atoms in total. The molecule has 0 unspecified atom stereocenters. The van der Waals surface area contributed by atoms with Crippen LogP contribution in [0.3, 0.4) is 0 Å². The summed E-state index contributed by atoms with van der Waals surface area (Å²) in [7, 11) is 0. The summed E-state index contributed by atoms with van der Waals surface area (Å²) in [4.78, 5) is 11.5. The summed E-state index contributed by atoms with van der Waals surface area (Å²) < 4.78 is 5.41. The Morgan fingerprint density at radius 2 is 2.18 bits per heavy atom. The molecular weight excluding hydrogens is 238 g/mol. The van der Waals surface area contributed by atoms with Crippen molar-refractivity contribution in [2.24, 2.45) is 0 Å². The van der Waals surface area contributed by atoms with Crippen LogP contribution in [0.2, 0.25) is 0 Å². The molecule has 2 atom stereocenters. The molecule has 1 aromatic carbocycles. The van der Waals surface area contributed by atoms with E-state index in [1.54, 1.807) is 6.92 Å². The number of carbonyl (C=O) groups excluding carboxylic acids is 1. The van der Waals surface area contributed by atoms with Crippen molar-refractivity contribution in [2.75, 3.05) is 6.61 Å². The highest BCUT2D eigenvalue weighted by Crippen LogP contribution is 2.19. The molecule has 0 aliphatic carbocycles. The van der Waals surface area contributed by atoms with E-state index in [9.17, 15) is 4.79 Å². The first-order valence-corrected chi connectivity index (χ1v) is 6.15. The van der Waals surface area contributed by atoms with Gasteiger partial charge in [-0.15, -0.1) is 11.6 Å². The number of amides is 1. The second kappa shape index (κ2) is 6.50. The maximum atomic E-state index is 11.5. The van der Waals surface area contributed by atoms with E-state index in [2.05, 4.69) is 5.32 Å². The molecular formula is C13H18ClNO2. The molecule has 0 heterocycles. The average molecular weight is 256 g/mol. The maximum absolute atomic E-state index is 11.5. The Bertz CT molecular complexity index is 379. The molecule has 0 spiro atoms. The number of rotatable bonds is 5. The van der Waals surface area contributed by atoms with Gasteiger partial charge < -0.3 is 10.1 Å². The summed E-state index contributed by atoms with van der Waals surface area (Å²) in [6.45, 7) is 6.14. The van der Waals surface area contributed by atoms with E-state index < -0.39 is 5.38 Å². The van der Waals surface area contributed by atoms with E-state index in [1.165, 1.54) is 0 Å². The summed E-state index contributed by atoms with van der Waals surface area (Å²) in [6, 6.07) is 7.60. The lowest BCUT2D eigenvalue weighted by Gasteiger charge is -2.16. The maximum Gasteiger partial charge on any atom is 0.238 e. The van der Waals surface area contributed by atoms with E-state index in [0.29, 0.717) is 6.61 Å². The summed E-state index contributed by atoms with van der Waals surface area (Å²) in [5.74, 6) is 0.644. The molecule has 0 bridgehead atoms. The standard InChI is InChI=1S/C13H18ClNO2/c1-4-17-12-7-5-6-11(8-12)10(3)15-13(16)9(2)14/h5-10H,4H2,1-3H3,(H,15,16)/t9-,10-/m1/s1. The smallest absolute Gasteiger partial charge is 0.238 e. The first kappa shape index (κ1) is 13.8. The number of halogens is 1. The fourth-order valence-electron chi connectivity index (χ4n) is 1.45. The van der Waals surface area contributed by atoms with Crippen molar-refractivity contribution in [3.05, 3.63) is 29.8 Å². The second-order valence-corrected chi connectivity index (χ2v) is 4.51. The minimum atomic E-state index is -0.521. The Hall–Kier alpha value is -1.22. The summed E-state index contributed by atoms with van der Waals surface area (Å²) in [6.07, 6.45) is 0. The molecule has 17 heavy (non-hydrogen) atoms. The predicted molar refractivity (Wildman–Crippen MR) is 69.5 cm³/mol. The lowest BCUT2D eigenvalue weighted by Crippen LogP contribution is -2.31. The van der Waals surface area contributed by atoms with Gasteiger partial charge in [-0.05, 0) is 38.5 Å².